The maximum absolute atomic E-state index is 12.0. The molecular weight excluding hydrogens is 313 g/mol. The minimum atomic E-state index is 0.0507. The molecule has 0 aromatic heterocycles. The first-order chi connectivity index (χ1) is 7.49. The van der Waals surface area contributed by atoms with Crippen molar-refractivity contribution in [2.45, 2.75) is 20.8 Å². The average molecular weight is 329 g/mol. The summed E-state index contributed by atoms with van der Waals surface area (Å²) in [6.07, 6.45) is 1.84. The van der Waals surface area contributed by atoms with E-state index >= 15 is 0 Å². The van der Waals surface area contributed by atoms with E-state index < -0.39 is 0 Å². The van der Waals surface area contributed by atoms with Crippen molar-refractivity contribution >= 4 is 34.2 Å². The van der Waals surface area contributed by atoms with Crippen LogP contribution in [0.25, 0.3) is 0 Å². The van der Waals surface area contributed by atoms with Crippen LogP contribution >= 0.6 is 22.6 Å². The van der Waals surface area contributed by atoms with Crippen LogP contribution in [0.5, 0.6) is 0 Å². The van der Waals surface area contributed by atoms with Gasteiger partial charge in [0.15, 0.2) is 0 Å². The van der Waals surface area contributed by atoms with E-state index in [9.17, 15) is 4.79 Å². The summed E-state index contributed by atoms with van der Waals surface area (Å²) >= 11 is 2.26. The number of carbonyl (C=O) groups is 1. The van der Waals surface area contributed by atoms with Gasteiger partial charge in [-0.15, -0.1) is 0 Å². The molecule has 2 nitrogen and oxygen atoms in total. The Morgan fingerprint density at radius 2 is 2.06 bits per heavy atom. The molecule has 3 heteroatoms. The Hall–Kier alpha value is -0.840. The molecule has 0 heterocycles. The number of para-hydroxylation sites is 1. The second-order valence-electron chi connectivity index (χ2n) is 3.74. The Labute approximate surface area is 110 Å². The molecule has 0 aliphatic carbocycles. The fraction of sp³-hybridized carbons (Fsp3) is 0.308. The standard InChI is InChI=1S/C13H16INO/c1-5-9(2)13(16)15(4)12-10(3)7-6-8-11(12)14/h5-8H,1-4H3/b9-5+. The number of halogens is 1. The van der Waals surface area contributed by atoms with E-state index in [1.165, 1.54) is 0 Å². The van der Waals surface area contributed by atoms with Gasteiger partial charge in [0.2, 0.25) is 0 Å². The summed E-state index contributed by atoms with van der Waals surface area (Å²) in [5, 5.41) is 0. The highest BCUT2D eigenvalue weighted by Gasteiger charge is 2.16. The van der Waals surface area contributed by atoms with Crippen molar-refractivity contribution in [2.75, 3.05) is 11.9 Å². The van der Waals surface area contributed by atoms with E-state index in [2.05, 4.69) is 22.6 Å². The van der Waals surface area contributed by atoms with Crippen molar-refractivity contribution in [1.82, 2.24) is 0 Å². The van der Waals surface area contributed by atoms with Crippen LogP contribution in [-0.4, -0.2) is 13.0 Å². The summed E-state index contributed by atoms with van der Waals surface area (Å²) in [5.41, 5.74) is 2.88. The molecule has 0 spiro atoms. The summed E-state index contributed by atoms with van der Waals surface area (Å²) in [6.45, 7) is 5.74. The summed E-state index contributed by atoms with van der Waals surface area (Å²) in [6, 6.07) is 6.03. The van der Waals surface area contributed by atoms with Gasteiger partial charge in [0.05, 0.1) is 5.69 Å². The third kappa shape index (κ3) is 2.64. The van der Waals surface area contributed by atoms with Crippen LogP contribution in [0, 0.1) is 10.5 Å². The highest BCUT2D eigenvalue weighted by Crippen LogP contribution is 2.26. The zero-order valence-corrected chi connectivity index (χ0v) is 12.2. The molecule has 0 N–H and O–H groups in total. The lowest BCUT2D eigenvalue weighted by molar-refractivity contribution is -0.114. The highest BCUT2D eigenvalue weighted by atomic mass is 127. The Morgan fingerprint density at radius 1 is 1.44 bits per heavy atom. The fourth-order valence-corrected chi connectivity index (χ4v) is 2.53. The molecule has 1 rings (SSSR count). The molecule has 0 aliphatic heterocycles. The third-order valence-corrected chi connectivity index (χ3v) is 3.47. The molecule has 16 heavy (non-hydrogen) atoms. The van der Waals surface area contributed by atoms with Gasteiger partial charge in [-0.1, -0.05) is 18.2 Å². The smallest absolute Gasteiger partial charge is 0.253 e. The Kier molecular flexibility index (Phi) is 4.53. The molecule has 0 saturated carbocycles. The van der Waals surface area contributed by atoms with E-state index in [4.69, 9.17) is 0 Å². The molecule has 1 aromatic carbocycles. The van der Waals surface area contributed by atoms with Crippen LogP contribution in [-0.2, 0) is 4.79 Å². The number of benzene rings is 1. The Balaban J connectivity index is 3.15. The van der Waals surface area contributed by atoms with Crippen molar-refractivity contribution in [2.24, 2.45) is 0 Å². The molecule has 0 bridgehead atoms. The van der Waals surface area contributed by atoms with Gasteiger partial charge in [-0.2, -0.15) is 0 Å². The minimum Gasteiger partial charge on any atom is -0.310 e. The lowest BCUT2D eigenvalue weighted by Gasteiger charge is -2.21. The summed E-state index contributed by atoms with van der Waals surface area (Å²) < 4.78 is 1.09. The number of carbonyl (C=O) groups excluding carboxylic acids is 1. The number of amides is 1. The molecule has 0 radical (unpaired) electrons. The topological polar surface area (TPSA) is 20.3 Å². The van der Waals surface area contributed by atoms with Crippen molar-refractivity contribution in [3.05, 3.63) is 39.0 Å². The van der Waals surface area contributed by atoms with E-state index in [1.807, 2.05) is 52.1 Å². The maximum Gasteiger partial charge on any atom is 0.253 e. The monoisotopic (exact) mass is 329 g/mol. The zero-order chi connectivity index (χ0) is 12.3. The largest absolute Gasteiger partial charge is 0.310 e. The van der Waals surface area contributed by atoms with Gasteiger partial charge in [-0.05, 0) is 55.0 Å². The van der Waals surface area contributed by atoms with E-state index in [-0.39, 0.29) is 5.91 Å². The number of hydrogen-bond donors (Lipinski definition) is 0. The van der Waals surface area contributed by atoms with Crippen molar-refractivity contribution in [3.8, 4) is 0 Å². The third-order valence-electron chi connectivity index (χ3n) is 2.60. The van der Waals surface area contributed by atoms with E-state index in [0.29, 0.717) is 0 Å². The number of hydrogen-bond acceptors (Lipinski definition) is 1. The van der Waals surface area contributed by atoms with Gasteiger partial charge in [-0.25, -0.2) is 0 Å². The lowest BCUT2D eigenvalue weighted by atomic mass is 10.1. The number of aryl methyl sites for hydroxylation is 1. The molecular formula is C13H16INO. The first kappa shape index (κ1) is 13.2. The molecule has 0 atom stereocenters. The van der Waals surface area contributed by atoms with Gasteiger partial charge in [0, 0.05) is 16.2 Å². The van der Waals surface area contributed by atoms with Crippen LogP contribution in [0.15, 0.2) is 29.8 Å². The minimum absolute atomic E-state index is 0.0507. The van der Waals surface area contributed by atoms with Gasteiger partial charge < -0.3 is 4.90 Å². The van der Waals surface area contributed by atoms with E-state index in [0.717, 1.165) is 20.4 Å². The van der Waals surface area contributed by atoms with Crippen molar-refractivity contribution < 1.29 is 4.79 Å². The van der Waals surface area contributed by atoms with Gasteiger partial charge in [0.1, 0.15) is 0 Å². The predicted molar refractivity (Wildman–Crippen MR) is 76.7 cm³/mol. The maximum atomic E-state index is 12.0. The summed E-state index contributed by atoms with van der Waals surface area (Å²) in [7, 11) is 1.82. The lowest BCUT2D eigenvalue weighted by Crippen LogP contribution is -2.28. The Bertz CT molecular complexity index is 417. The number of rotatable bonds is 2. The van der Waals surface area contributed by atoms with Crippen LogP contribution in [0.1, 0.15) is 19.4 Å². The molecule has 0 aliphatic rings. The summed E-state index contributed by atoms with van der Waals surface area (Å²) in [5.74, 6) is 0.0507. The second-order valence-corrected chi connectivity index (χ2v) is 4.90. The molecule has 0 fully saturated rings. The van der Waals surface area contributed by atoms with Crippen LogP contribution in [0.3, 0.4) is 0 Å². The van der Waals surface area contributed by atoms with Crippen LogP contribution in [0.4, 0.5) is 5.69 Å². The van der Waals surface area contributed by atoms with Gasteiger partial charge in [0.25, 0.3) is 5.91 Å². The zero-order valence-electron chi connectivity index (χ0n) is 10.0. The predicted octanol–water partition coefficient (Wildman–Crippen LogP) is 3.53. The SMILES string of the molecule is C/C=C(\C)C(=O)N(C)c1c(C)cccc1I. The molecule has 0 saturated heterocycles. The normalized spacial score (nSPS) is 11.4. The molecule has 86 valence electrons. The number of anilines is 1. The number of allylic oxidation sites excluding steroid dienone is 1. The van der Waals surface area contributed by atoms with E-state index in [1.54, 1.807) is 4.90 Å². The first-order valence-electron chi connectivity index (χ1n) is 5.15. The van der Waals surface area contributed by atoms with Crippen LogP contribution in [0.2, 0.25) is 0 Å². The first-order valence-corrected chi connectivity index (χ1v) is 6.23. The quantitative estimate of drug-likeness (QED) is 0.600. The van der Waals surface area contributed by atoms with Crippen molar-refractivity contribution in [1.29, 1.82) is 0 Å². The second kappa shape index (κ2) is 5.48. The average Bonchev–Trinajstić information content (AvgIpc) is 2.26. The fourth-order valence-electron chi connectivity index (χ4n) is 1.54. The molecule has 1 amide bonds. The van der Waals surface area contributed by atoms with Crippen molar-refractivity contribution in [3.63, 3.8) is 0 Å². The van der Waals surface area contributed by atoms with Crippen LogP contribution < -0.4 is 4.90 Å². The molecule has 0 unspecified atom stereocenters. The number of nitrogens with zero attached hydrogens (tertiary/aromatic N) is 1. The summed E-state index contributed by atoms with van der Waals surface area (Å²) in [4.78, 5) is 13.7. The highest BCUT2D eigenvalue weighted by molar-refractivity contribution is 14.1. The number of likely N-dealkylation sites (N-methyl/N-ethyl adjacent to an activating group) is 1. The Morgan fingerprint density at radius 3 is 2.56 bits per heavy atom. The van der Waals surface area contributed by atoms with Gasteiger partial charge in [-0.3, -0.25) is 4.79 Å². The molecule has 1 aromatic rings. The van der Waals surface area contributed by atoms with Gasteiger partial charge >= 0.3 is 0 Å².